The van der Waals surface area contributed by atoms with Gasteiger partial charge in [0.1, 0.15) is 0 Å². The molecular weight excluding hydrogens is 232 g/mol. The van der Waals surface area contributed by atoms with Gasteiger partial charge in [0.05, 0.1) is 10.1 Å². The number of H-pyrrole nitrogens is 1. The molecule has 66 valence electrons. The maximum atomic E-state index is 11.0. The van der Waals surface area contributed by atoms with Crippen molar-refractivity contribution in [3.8, 4) is 0 Å². The fourth-order valence-corrected chi connectivity index (χ4v) is 1.71. The highest BCUT2D eigenvalue weighted by atomic mass is 79.9. The lowest BCUT2D eigenvalue weighted by molar-refractivity contribution is 1.10. The molecule has 0 aliphatic heterocycles. The van der Waals surface area contributed by atoms with Gasteiger partial charge in [0.2, 0.25) is 0 Å². The molecule has 1 aromatic carbocycles. The second-order valence-electron chi connectivity index (χ2n) is 2.88. The molecule has 0 radical (unpaired) electrons. The number of nitrogens with one attached hydrogen (secondary N) is 1. The van der Waals surface area contributed by atoms with Crippen LogP contribution in [0.25, 0.3) is 10.9 Å². The number of hydrogen-bond acceptors (Lipinski definition) is 2. The van der Waals surface area contributed by atoms with Gasteiger partial charge in [-0.3, -0.25) is 4.98 Å². The SMILES string of the molecule is Cc1ccc2nc(=O)[nH]c(Br)c2c1. The second kappa shape index (κ2) is 2.96. The molecule has 0 aliphatic rings. The molecule has 0 unspecified atom stereocenters. The minimum Gasteiger partial charge on any atom is -0.299 e. The van der Waals surface area contributed by atoms with Crippen LogP contribution >= 0.6 is 15.9 Å². The summed E-state index contributed by atoms with van der Waals surface area (Å²) in [7, 11) is 0. The average Bonchev–Trinajstić information content (AvgIpc) is 2.06. The van der Waals surface area contributed by atoms with Crippen LogP contribution in [0.1, 0.15) is 5.56 Å². The number of aromatic nitrogens is 2. The van der Waals surface area contributed by atoms with E-state index in [1.54, 1.807) is 0 Å². The third kappa shape index (κ3) is 1.49. The molecule has 0 saturated carbocycles. The number of nitrogens with zero attached hydrogens (tertiary/aromatic N) is 1. The molecule has 2 aromatic rings. The summed E-state index contributed by atoms with van der Waals surface area (Å²) in [6.45, 7) is 2.00. The van der Waals surface area contributed by atoms with Gasteiger partial charge in [0, 0.05) is 5.39 Å². The van der Waals surface area contributed by atoms with Crippen LogP contribution < -0.4 is 5.69 Å². The van der Waals surface area contributed by atoms with Crippen LogP contribution in [0.5, 0.6) is 0 Å². The van der Waals surface area contributed by atoms with Gasteiger partial charge in [-0.05, 0) is 35.0 Å². The van der Waals surface area contributed by atoms with Crippen molar-refractivity contribution in [2.75, 3.05) is 0 Å². The summed E-state index contributed by atoms with van der Waals surface area (Å²) >= 11 is 3.29. The van der Waals surface area contributed by atoms with E-state index in [1.807, 2.05) is 25.1 Å². The first kappa shape index (κ1) is 8.44. The van der Waals surface area contributed by atoms with Crippen LogP contribution in [0.15, 0.2) is 27.6 Å². The number of rotatable bonds is 0. The van der Waals surface area contributed by atoms with Gasteiger partial charge in [-0.2, -0.15) is 4.98 Å². The molecule has 0 spiro atoms. The van der Waals surface area contributed by atoms with Gasteiger partial charge in [0.25, 0.3) is 0 Å². The van der Waals surface area contributed by atoms with Crippen LogP contribution in [-0.2, 0) is 0 Å². The first-order valence-corrected chi connectivity index (χ1v) is 4.62. The van der Waals surface area contributed by atoms with E-state index in [1.165, 1.54) is 0 Å². The van der Waals surface area contributed by atoms with Crippen molar-refractivity contribution in [1.29, 1.82) is 0 Å². The van der Waals surface area contributed by atoms with Crippen LogP contribution in [0, 0.1) is 6.92 Å². The second-order valence-corrected chi connectivity index (χ2v) is 3.67. The van der Waals surface area contributed by atoms with E-state index in [9.17, 15) is 4.79 Å². The Morgan fingerprint density at radius 1 is 1.46 bits per heavy atom. The Kier molecular flexibility index (Phi) is 1.92. The monoisotopic (exact) mass is 238 g/mol. The highest BCUT2D eigenvalue weighted by Gasteiger charge is 2.01. The summed E-state index contributed by atoms with van der Waals surface area (Å²) in [4.78, 5) is 17.4. The Morgan fingerprint density at radius 3 is 3.00 bits per heavy atom. The fraction of sp³-hybridized carbons (Fsp3) is 0.111. The summed E-state index contributed by atoms with van der Waals surface area (Å²) in [6, 6.07) is 5.74. The standard InChI is InChI=1S/C9H7BrN2O/c1-5-2-3-7-6(4-5)8(10)12-9(13)11-7/h2-4H,1H3,(H,11,12,13). The number of aromatic amines is 1. The van der Waals surface area contributed by atoms with Crippen LogP contribution in [-0.4, -0.2) is 9.97 Å². The Morgan fingerprint density at radius 2 is 2.23 bits per heavy atom. The van der Waals surface area contributed by atoms with Crippen molar-refractivity contribution >= 4 is 26.8 Å². The minimum absolute atomic E-state index is 0.330. The van der Waals surface area contributed by atoms with E-state index in [0.29, 0.717) is 10.1 Å². The maximum Gasteiger partial charge on any atom is 0.346 e. The van der Waals surface area contributed by atoms with Gasteiger partial charge < -0.3 is 0 Å². The summed E-state index contributed by atoms with van der Waals surface area (Å²) in [5.74, 6) is 0. The zero-order valence-corrected chi connectivity index (χ0v) is 8.55. The smallest absolute Gasteiger partial charge is 0.299 e. The van der Waals surface area contributed by atoms with Gasteiger partial charge in [0.15, 0.2) is 0 Å². The van der Waals surface area contributed by atoms with E-state index in [0.717, 1.165) is 10.9 Å². The van der Waals surface area contributed by atoms with E-state index in [4.69, 9.17) is 0 Å². The van der Waals surface area contributed by atoms with Crippen LogP contribution in [0.2, 0.25) is 0 Å². The lowest BCUT2D eigenvalue weighted by atomic mass is 10.2. The van der Waals surface area contributed by atoms with E-state index in [2.05, 4.69) is 25.9 Å². The molecule has 3 nitrogen and oxygen atoms in total. The van der Waals surface area contributed by atoms with Crippen molar-refractivity contribution in [3.63, 3.8) is 0 Å². The van der Waals surface area contributed by atoms with E-state index >= 15 is 0 Å². The van der Waals surface area contributed by atoms with Crippen molar-refractivity contribution in [1.82, 2.24) is 9.97 Å². The Hall–Kier alpha value is -1.16. The molecular formula is C9H7BrN2O. The van der Waals surface area contributed by atoms with Gasteiger partial charge in [-0.15, -0.1) is 0 Å². The molecule has 0 fully saturated rings. The van der Waals surface area contributed by atoms with Crippen LogP contribution in [0.4, 0.5) is 0 Å². The van der Waals surface area contributed by atoms with Gasteiger partial charge in [-0.25, -0.2) is 4.79 Å². The molecule has 0 aliphatic carbocycles. The summed E-state index contributed by atoms with van der Waals surface area (Å²) in [5.41, 5.74) is 1.52. The lowest BCUT2D eigenvalue weighted by Gasteiger charge is -1.99. The van der Waals surface area contributed by atoms with Crippen LogP contribution in [0.3, 0.4) is 0 Å². The highest BCUT2D eigenvalue weighted by Crippen LogP contribution is 2.19. The first-order chi connectivity index (χ1) is 6.16. The maximum absolute atomic E-state index is 11.0. The van der Waals surface area contributed by atoms with Crippen molar-refractivity contribution in [3.05, 3.63) is 38.9 Å². The summed E-state index contributed by atoms with van der Waals surface area (Å²) < 4.78 is 0.686. The molecule has 2 rings (SSSR count). The van der Waals surface area contributed by atoms with Gasteiger partial charge >= 0.3 is 5.69 Å². The fourth-order valence-electron chi connectivity index (χ4n) is 1.22. The molecule has 13 heavy (non-hydrogen) atoms. The minimum atomic E-state index is -0.330. The zero-order valence-electron chi connectivity index (χ0n) is 6.97. The topological polar surface area (TPSA) is 45.8 Å². The normalized spacial score (nSPS) is 10.6. The summed E-state index contributed by atoms with van der Waals surface area (Å²) in [6.07, 6.45) is 0. The highest BCUT2D eigenvalue weighted by molar-refractivity contribution is 9.10. The van der Waals surface area contributed by atoms with E-state index in [-0.39, 0.29) is 5.69 Å². The third-order valence-electron chi connectivity index (χ3n) is 1.83. The van der Waals surface area contributed by atoms with Crippen molar-refractivity contribution < 1.29 is 0 Å². The average molecular weight is 239 g/mol. The molecule has 0 saturated heterocycles. The Bertz CT molecular complexity index is 518. The first-order valence-electron chi connectivity index (χ1n) is 3.83. The molecule has 1 N–H and O–H groups in total. The Balaban J connectivity index is 2.95. The van der Waals surface area contributed by atoms with Gasteiger partial charge in [-0.1, -0.05) is 11.6 Å². The number of hydrogen-bond donors (Lipinski definition) is 1. The summed E-state index contributed by atoms with van der Waals surface area (Å²) in [5, 5.41) is 0.930. The quantitative estimate of drug-likeness (QED) is 0.714. The number of benzene rings is 1. The predicted molar refractivity (Wildman–Crippen MR) is 54.8 cm³/mol. The number of halogens is 1. The van der Waals surface area contributed by atoms with Crippen molar-refractivity contribution in [2.24, 2.45) is 0 Å². The van der Waals surface area contributed by atoms with E-state index < -0.39 is 0 Å². The molecule has 0 atom stereocenters. The predicted octanol–water partition coefficient (Wildman–Crippen LogP) is 1.99. The number of aryl methyl sites for hydroxylation is 1. The third-order valence-corrected chi connectivity index (χ3v) is 2.45. The zero-order chi connectivity index (χ0) is 9.42. The molecule has 0 bridgehead atoms. The molecule has 0 amide bonds. The molecule has 4 heteroatoms. The largest absolute Gasteiger partial charge is 0.346 e. The lowest BCUT2D eigenvalue weighted by Crippen LogP contribution is -2.09. The van der Waals surface area contributed by atoms with Crippen molar-refractivity contribution in [2.45, 2.75) is 6.92 Å². The Labute approximate surface area is 82.9 Å². The molecule has 1 aromatic heterocycles. The molecule has 1 heterocycles. The number of fused-ring (bicyclic) bond motifs is 1.